The van der Waals surface area contributed by atoms with E-state index in [9.17, 15) is 0 Å². The Morgan fingerprint density at radius 1 is 1.17 bits per heavy atom. The van der Waals surface area contributed by atoms with Crippen molar-refractivity contribution in [3.05, 3.63) is 72.0 Å². The SMILES string of the molecule is COc1cccc(-c2cccc3c([C@H]4CN(Cc5cc(C)on5)CCO4)ncn23)c1. The van der Waals surface area contributed by atoms with E-state index in [1.54, 1.807) is 7.11 Å². The average molecular weight is 404 g/mol. The average Bonchev–Trinajstić information content (AvgIpc) is 3.40. The van der Waals surface area contributed by atoms with Crippen LogP contribution in [0.1, 0.15) is 23.3 Å². The first-order chi connectivity index (χ1) is 14.7. The molecule has 1 fully saturated rings. The molecule has 1 saturated heterocycles. The summed E-state index contributed by atoms with van der Waals surface area (Å²) in [6, 6.07) is 16.3. The molecule has 0 saturated carbocycles. The number of nitrogens with zero attached hydrogens (tertiary/aromatic N) is 4. The lowest BCUT2D eigenvalue weighted by Crippen LogP contribution is -2.38. The lowest BCUT2D eigenvalue weighted by Gasteiger charge is -2.31. The summed E-state index contributed by atoms with van der Waals surface area (Å²) < 4.78 is 18.8. The van der Waals surface area contributed by atoms with E-state index < -0.39 is 0 Å². The van der Waals surface area contributed by atoms with Crippen LogP contribution in [0.4, 0.5) is 0 Å². The van der Waals surface area contributed by atoms with Crippen LogP contribution in [0, 0.1) is 6.92 Å². The van der Waals surface area contributed by atoms with Crippen molar-refractivity contribution in [1.82, 2.24) is 19.4 Å². The first-order valence-electron chi connectivity index (χ1n) is 10.1. The van der Waals surface area contributed by atoms with Gasteiger partial charge in [0, 0.05) is 31.3 Å². The van der Waals surface area contributed by atoms with Crippen molar-refractivity contribution >= 4 is 5.52 Å². The summed E-state index contributed by atoms with van der Waals surface area (Å²) in [5, 5.41) is 4.12. The molecule has 7 heteroatoms. The fraction of sp³-hybridized carbons (Fsp3) is 0.304. The Morgan fingerprint density at radius 2 is 2.07 bits per heavy atom. The number of fused-ring (bicyclic) bond motifs is 1. The number of ether oxygens (including phenoxy) is 2. The summed E-state index contributed by atoms with van der Waals surface area (Å²) in [4.78, 5) is 7.08. The van der Waals surface area contributed by atoms with E-state index in [-0.39, 0.29) is 6.10 Å². The van der Waals surface area contributed by atoms with Gasteiger partial charge in [-0.2, -0.15) is 0 Å². The Labute approximate surface area is 174 Å². The van der Waals surface area contributed by atoms with Crippen molar-refractivity contribution < 1.29 is 14.0 Å². The molecule has 4 aromatic rings. The standard InChI is InChI=1S/C23H24N4O3/c1-16-11-18(25-30-16)13-26-9-10-29-22(14-26)23-21-8-4-7-20(27(21)15-24-23)17-5-3-6-19(12-17)28-2/h3-8,11-12,15,22H,9-10,13-14H2,1-2H3/t22-/m1/s1. The second-order valence-corrected chi connectivity index (χ2v) is 7.55. The molecule has 4 heterocycles. The Bertz CT molecular complexity index is 1170. The van der Waals surface area contributed by atoms with Crippen LogP contribution < -0.4 is 4.74 Å². The number of pyridine rings is 1. The lowest BCUT2D eigenvalue weighted by atomic mass is 10.1. The van der Waals surface area contributed by atoms with Gasteiger partial charge >= 0.3 is 0 Å². The summed E-state index contributed by atoms with van der Waals surface area (Å²) in [6.45, 7) is 4.95. The van der Waals surface area contributed by atoms with E-state index in [1.165, 1.54) is 0 Å². The molecule has 1 aliphatic heterocycles. The number of methoxy groups -OCH3 is 1. The van der Waals surface area contributed by atoms with Gasteiger partial charge in [-0.1, -0.05) is 23.4 Å². The largest absolute Gasteiger partial charge is 0.497 e. The van der Waals surface area contributed by atoms with Gasteiger partial charge in [-0.15, -0.1) is 0 Å². The predicted molar refractivity (Wildman–Crippen MR) is 112 cm³/mol. The number of benzene rings is 1. The lowest BCUT2D eigenvalue weighted by molar-refractivity contribution is -0.0346. The second-order valence-electron chi connectivity index (χ2n) is 7.55. The minimum absolute atomic E-state index is 0.0858. The highest BCUT2D eigenvalue weighted by Gasteiger charge is 2.26. The molecular formula is C23H24N4O3. The second kappa shape index (κ2) is 7.93. The normalized spacial score (nSPS) is 17.5. The highest BCUT2D eigenvalue weighted by atomic mass is 16.5. The van der Waals surface area contributed by atoms with Crippen LogP contribution in [0.5, 0.6) is 5.75 Å². The topological polar surface area (TPSA) is 65.0 Å². The van der Waals surface area contributed by atoms with E-state index in [0.29, 0.717) is 6.61 Å². The first-order valence-corrected chi connectivity index (χ1v) is 10.1. The van der Waals surface area contributed by atoms with Crippen LogP contribution in [0.3, 0.4) is 0 Å². The number of hydrogen-bond donors (Lipinski definition) is 0. The van der Waals surface area contributed by atoms with Crippen molar-refractivity contribution in [2.75, 3.05) is 26.8 Å². The third kappa shape index (κ3) is 3.58. The zero-order valence-corrected chi connectivity index (χ0v) is 17.1. The van der Waals surface area contributed by atoms with Gasteiger partial charge in [-0.3, -0.25) is 9.30 Å². The van der Waals surface area contributed by atoms with Gasteiger partial charge in [-0.25, -0.2) is 4.98 Å². The molecule has 7 nitrogen and oxygen atoms in total. The van der Waals surface area contributed by atoms with Gasteiger partial charge in [0.25, 0.3) is 0 Å². The van der Waals surface area contributed by atoms with Crippen LogP contribution in [0.2, 0.25) is 0 Å². The Kier molecular flexibility index (Phi) is 4.98. The molecule has 0 amide bonds. The molecule has 1 aromatic carbocycles. The molecule has 0 radical (unpaired) electrons. The molecule has 0 aliphatic carbocycles. The molecule has 3 aromatic heterocycles. The van der Waals surface area contributed by atoms with Crippen LogP contribution in [0.15, 0.2) is 59.4 Å². The first kappa shape index (κ1) is 18.8. The number of aryl methyl sites for hydroxylation is 1. The monoisotopic (exact) mass is 404 g/mol. The maximum Gasteiger partial charge on any atom is 0.133 e. The Balaban J connectivity index is 1.43. The Hall–Kier alpha value is -3.16. The van der Waals surface area contributed by atoms with E-state index in [1.807, 2.05) is 37.5 Å². The predicted octanol–water partition coefficient (Wildman–Crippen LogP) is 3.88. The number of hydrogen-bond acceptors (Lipinski definition) is 6. The summed E-state index contributed by atoms with van der Waals surface area (Å²) in [5.74, 6) is 1.67. The third-order valence-corrected chi connectivity index (χ3v) is 5.49. The fourth-order valence-electron chi connectivity index (χ4n) is 4.04. The summed E-state index contributed by atoms with van der Waals surface area (Å²) in [6.07, 6.45) is 1.79. The smallest absolute Gasteiger partial charge is 0.133 e. The summed E-state index contributed by atoms with van der Waals surface area (Å²) in [5.41, 5.74) is 5.11. The zero-order valence-electron chi connectivity index (χ0n) is 17.1. The van der Waals surface area contributed by atoms with E-state index >= 15 is 0 Å². The minimum Gasteiger partial charge on any atom is -0.497 e. The van der Waals surface area contributed by atoms with Crippen LogP contribution in [0.25, 0.3) is 16.8 Å². The van der Waals surface area contributed by atoms with Crippen molar-refractivity contribution in [1.29, 1.82) is 0 Å². The minimum atomic E-state index is -0.0858. The molecule has 0 N–H and O–H groups in total. The van der Waals surface area contributed by atoms with Gasteiger partial charge < -0.3 is 14.0 Å². The summed E-state index contributed by atoms with van der Waals surface area (Å²) >= 11 is 0. The molecule has 0 spiro atoms. The summed E-state index contributed by atoms with van der Waals surface area (Å²) in [7, 11) is 1.68. The maximum absolute atomic E-state index is 6.10. The number of aromatic nitrogens is 3. The molecule has 0 unspecified atom stereocenters. The van der Waals surface area contributed by atoms with Gasteiger partial charge in [0.15, 0.2) is 0 Å². The van der Waals surface area contributed by atoms with Crippen molar-refractivity contribution in [3.8, 4) is 17.0 Å². The Morgan fingerprint density at radius 3 is 2.90 bits per heavy atom. The highest BCUT2D eigenvalue weighted by Crippen LogP contribution is 2.30. The molecule has 5 rings (SSSR count). The zero-order chi connectivity index (χ0) is 20.5. The third-order valence-electron chi connectivity index (χ3n) is 5.49. The van der Waals surface area contributed by atoms with Crippen molar-refractivity contribution in [3.63, 3.8) is 0 Å². The van der Waals surface area contributed by atoms with Crippen LogP contribution in [-0.2, 0) is 11.3 Å². The molecule has 154 valence electrons. The number of morpholine rings is 1. The van der Waals surface area contributed by atoms with Gasteiger partial charge in [0.1, 0.15) is 23.9 Å². The van der Waals surface area contributed by atoms with Crippen molar-refractivity contribution in [2.24, 2.45) is 0 Å². The van der Waals surface area contributed by atoms with E-state index in [0.717, 1.165) is 59.3 Å². The molecule has 1 atom stereocenters. The fourth-order valence-corrected chi connectivity index (χ4v) is 4.04. The highest BCUT2D eigenvalue weighted by molar-refractivity contribution is 5.67. The quantitative estimate of drug-likeness (QED) is 0.503. The molecule has 30 heavy (non-hydrogen) atoms. The van der Waals surface area contributed by atoms with E-state index in [2.05, 4.69) is 38.7 Å². The van der Waals surface area contributed by atoms with Crippen LogP contribution in [-0.4, -0.2) is 46.2 Å². The number of imidazole rings is 1. The maximum atomic E-state index is 6.10. The van der Waals surface area contributed by atoms with Gasteiger partial charge in [-0.05, 0) is 31.2 Å². The van der Waals surface area contributed by atoms with Crippen LogP contribution >= 0.6 is 0 Å². The molecular weight excluding hydrogens is 380 g/mol. The van der Waals surface area contributed by atoms with Gasteiger partial charge in [0.05, 0.1) is 36.3 Å². The van der Waals surface area contributed by atoms with Crippen molar-refractivity contribution in [2.45, 2.75) is 19.6 Å². The number of rotatable bonds is 5. The van der Waals surface area contributed by atoms with Gasteiger partial charge in [0.2, 0.25) is 0 Å². The molecule has 1 aliphatic rings. The molecule has 0 bridgehead atoms. The van der Waals surface area contributed by atoms with E-state index in [4.69, 9.17) is 19.0 Å².